The Balaban J connectivity index is 2.31. The van der Waals surface area contributed by atoms with E-state index in [1.165, 1.54) is 11.1 Å². The van der Waals surface area contributed by atoms with E-state index in [1.54, 1.807) is 0 Å². The fourth-order valence-electron chi connectivity index (χ4n) is 2.33. The van der Waals surface area contributed by atoms with Gasteiger partial charge in [-0.1, -0.05) is 37.3 Å². The quantitative estimate of drug-likeness (QED) is 0.717. The van der Waals surface area contributed by atoms with E-state index < -0.39 is 0 Å². The first kappa shape index (κ1) is 9.47. The maximum absolute atomic E-state index is 3.92. The molecule has 1 aliphatic rings. The van der Waals surface area contributed by atoms with E-state index in [-0.39, 0.29) is 0 Å². The molecule has 0 bridgehead atoms. The summed E-state index contributed by atoms with van der Waals surface area (Å²) in [5, 5.41) is 3.53. The van der Waals surface area contributed by atoms with Crippen LogP contribution in [0, 0.1) is 5.92 Å². The topological polar surface area (TPSA) is 12.0 Å². The molecule has 0 saturated carbocycles. The van der Waals surface area contributed by atoms with E-state index >= 15 is 0 Å². The molecule has 74 valence electrons. The molecule has 14 heavy (non-hydrogen) atoms. The van der Waals surface area contributed by atoms with Crippen molar-refractivity contribution in [2.24, 2.45) is 5.92 Å². The van der Waals surface area contributed by atoms with Gasteiger partial charge >= 0.3 is 0 Å². The predicted octanol–water partition coefficient (Wildman–Crippen LogP) is 2.70. The minimum atomic E-state index is 0.480. The van der Waals surface area contributed by atoms with Gasteiger partial charge in [0.1, 0.15) is 0 Å². The monoisotopic (exact) mass is 187 g/mol. The van der Waals surface area contributed by atoms with Gasteiger partial charge in [-0.05, 0) is 24.1 Å². The van der Waals surface area contributed by atoms with Crippen molar-refractivity contribution in [2.45, 2.75) is 19.4 Å². The van der Waals surface area contributed by atoms with Crippen LogP contribution in [0.25, 0.3) is 0 Å². The highest BCUT2D eigenvalue weighted by Crippen LogP contribution is 2.36. The standard InChI is InChI=1S/C13H17N/c1-3-10-9-11-7-5-6-8-12(11)13(10)14-4-2/h3,5-8,10,13-14H,1,4,9H2,2H3. The first-order valence-electron chi connectivity index (χ1n) is 5.30. The van der Waals surface area contributed by atoms with Gasteiger partial charge in [0.05, 0.1) is 0 Å². The lowest BCUT2D eigenvalue weighted by atomic mass is 10.0. The molecule has 0 fully saturated rings. The molecule has 0 spiro atoms. The number of nitrogens with one attached hydrogen (secondary N) is 1. The summed E-state index contributed by atoms with van der Waals surface area (Å²) in [6.45, 7) is 7.09. The van der Waals surface area contributed by atoms with Crippen LogP contribution in [0.15, 0.2) is 36.9 Å². The van der Waals surface area contributed by atoms with E-state index in [0.29, 0.717) is 12.0 Å². The zero-order valence-electron chi connectivity index (χ0n) is 8.66. The van der Waals surface area contributed by atoms with Gasteiger partial charge in [-0.25, -0.2) is 0 Å². The van der Waals surface area contributed by atoms with E-state index in [0.717, 1.165) is 13.0 Å². The lowest BCUT2D eigenvalue weighted by molar-refractivity contribution is 0.464. The second kappa shape index (κ2) is 3.97. The van der Waals surface area contributed by atoms with Crippen molar-refractivity contribution in [3.05, 3.63) is 48.0 Å². The van der Waals surface area contributed by atoms with Gasteiger partial charge in [0, 0.05) is 12.0 Å². The third-order valence-corrected chi connectivity index (χ3v) is 3.00. The molecule has 0 aliphatic heterocycles. The summed E-state index contributed by atoms with van der Waals surface area (Å²) in [7, 11) is 0. The Morgan fingerprint density at radius 1 is 1.50 bits per heavy atom. The number of rotatable bonds is 3. The largest absolute Gasteiger partial charge is 0.310 e. The summed E-state index contributed by atoms with van der Waals surface area (Å²) in [6.07, 6.45) is 3.21. The van der Waals surface area contributed by atoms with Gasteiger partial charge in [-0.2, -0.15) is 0 Å². The van der Waals surface area contributed by atoms with Gasteiger partial charge in [0.2, 0.25) is 0 Å². The minimum Gasteiger partial charge on any atom is -0.310 e. The minimum absolute atomic E-state index is 0.480. The Morgan fingerprint density at radius 2 is 2.29 bits per heavy atom. The van der Waals surface area contributed by atoms with Crippen molar-refractivity contribution in [1.82, 2.24) is 5.32 Å². The Morgan fingerprint density at radius 3 is 3.00 bits per heavy atom. The predicted molar refractivity (Wildman–Crippen MR) is 60.3 cm³/mol. The number of benzene rings is 1. The van der Waals surface area contributed by atoms with Crippen molar-refractivity contribution >= 4 is 0 Å². The molecular formula is C13H17N. The molecule has 1 aromatic carbocycles. The van der Waals surface area contributed by atoms with Gasteiger partial charge in [-0.15, -0.1) is 6.58 Å². The van der Waals surface area contributed by atoms with Crippen LogP contribution in [0.3, 0.4) is 0 Å². The highest BCUT2D eigenvalue weighted by atomic mass is 14.9. The van der Waals surface area contributed by atoms with Crippen molar-refractivity contribution < 1.29 is 0 Å². The molecule has 1 nitrogen and oxygen atoms in total. The van der Waals surface area contributed by atoms with Crippen LogP contribution in [0.5, 0.6) is 0 Å². The summed E-state index contributed by atoms with van der Waals surface area (Å²) in [5.74, 6) is 0.562. The van der Waals surface area contributed by atoms with Gasteiger partial charge in [0.25, 0.3) is 0 Å². The van der Waals surface area contributed by atoms with Crippen LogP contribution >= 0.6 is 0 Å². The molecular weight excluding hydrogens is 170 g/mol. The molecule has 0 aromatic heterocycles. The molecule has 1 aliphatic carbocycles. The first-order chi connectivity index (χ1) is 6.86. The summed E-state index contributed by atoms with van der Waals surface area (Å²) in [6, 6.07) is 9.17. The molecule has 1 N–H and O–H groups in total. The maximum Gasteiger partial charge on any atom is 0.0389 e. The second-order valence-corrected chi connectivity index (χ2v) is 3.84. The first-order valence-corrected chi connectivity index (χ1v) is 5.30. The average Bonchev–Trinajstić information content (AvgIpc) is 2.58. The van der Waals surface area contributed by atoms with Crippen LogP contribution in [0.4, 0.5) is 0 Å². The highest BCUT2D eigenvalue weighted by molar-refractivity contribution is 5.37. The van der Waals surface area contributed by atoms with E-state index in [1.807, 2.05) is 0 Å². The van der Waals surface area contributed by atoms with Crippen molar-refractivity contribution in [3.63, 3.8) is 0 Å². The van der Waals surface area contributed by atoms with Crippen LogP contribution in [0.2, 0.25) is 0 Å². The SMILES string of the molecule is C=CC1Cc2ccccc2C1NCC. The average molecular weight is 187 g/mol. The number of hydrogen-bond donors (Lipinski definition) is 1. The van der Waals surface area contributed by atoms with Crippen LogP contribution < -0.4 is 5.32 Å². The van der Waals surface area contributed by atoms with E-state index in [2.05, 4.69) is 49.2 Å². The molecule has 1 aromatic rings. The van der Waals surface area contributed by atoms with Crippen molar-refractivity contribution in [2.75, 3.05) is 6.54 Å². The lowest BCUT2D eigenvalue weighted by Crippen LogP contribution is -2.23. The molecule has 2 rings (SSSR count). The molecule has 2 unspecified atom stereocenters. The third-order valence-electron chi connectivity index (χ3n) is 3.00. The Hall–Kier alpha value is -1.08. The Kier molecular flexibility index (Phi) is 2.69. The maximum atomic E-state index is 3.92. The molecule has 0 amide bonds. The summed E-state index contributed by atoms with van der Waals surface area (Å²) in [4.78, 5) is 0. The van der Waals surface area contributed by atoms with Gasteiger partial charge in [-0.3, -0.25) is 0 Å². The normalized spacial score (nSPS) is 24.6. The third kappa shape index (κ3) is 1.48. The highest BCUT2D eigenvalue weighted by Gasteiger charge is 2.28. The van der Waals surface area contributed by atoms with Crippen LogP contribution in [-0.4, -0.2) is 6.54 Å². The molecule has 0 radical (unpaired) electrons. The molecule has 0 heterocycles. The smallest absolute Gasteiger partial charge is 0.0389 e. The number of fused-ring (bicyclic) bond motifs is 1. The van der Waals surface area contributed by atoms with Gasteiger partial charge in [0.15, 0.2) is 0 Å². The zero-order valence-corrected chi connectivity index (χ0v) is 8.66. The number of hydrogen-bond acceptors (Lipinski definition) is 1. The van der Waals surface area contributed by atoms with E-state index in [9.17, 15) is 0 Å². The van der Waals surface area contributed by atoms with Crippen molar-refractivity contribution in [1.29, 1.82) is 0 Å². The Labute approximate surface area is 85.8 Å². The summed E-state index contributed by atoms with van der Waals surface area (Å²) >= 11 is 0. The van der Waals surface area contributed by atoms with E-state index in [4.69, 9.17) is 0 Å². The van der Waals surface area contributed by atoms with Gasteiger partial charge < -0.3 is 5.32 Å². The fourth-order valence-corrected chi connectivity index (χ4v) is 2.33. The Bertz CT molecular complexity index is 330. The summed E-state index contributed by atoms with van der Waals surface area (Å²) in [5.41, 5.74) is 2.93. The van der Waals surface area contributed by atoms with Crippen molar-refractivity contribution in [3.8, 4) is 0 Å². The molecule has 1 heteroatoms. The second-order valence-electron chi connectivity index (χ2n) is 3.84. The molecule has 2 atom stereocenters. The summed E-state index contributed by atoms with van der Waals surface area (Å²) < 4.78 is 0. The molecule has 0 saturated heterocycles. The lowest BCUT2D eigenvalue weighted by Gasteiger charge is -2.17. The fraction of sp³-hybridized carbons (Fsp3) is 0.385. The van der Waals surface area contributed by atoms with Crippen LogP contribution in [-0.2, 0) is 6.42 Å². The zero-order chi connectivity index (χ0) is 9.97. The van der Waals surface area contributed by atoms with Crippen LogP contribution in [0.1, 0.15) is 24.1 Å².